The molecule has 1 atom stereocenters. The first-order valence-corrected chi connectivity index (χ1v) is 10.1. The van der Waals surface area contributed by atoms with Crippen LogP contribution in [-0.4, -0.2) is 40.9 Å². The van der Waals surface area contributed by atoms with Gasteiger partial charge < -0.3 is 15.5 Å². The molecule has 1 unspecified atom stereocenters. The number of halogens is 2. The minimum absolute atomic E-state index is 0. The van der Waals surface area contributed by atoms with Gasteiger partial charge in [0.1, 0.15) is 11.9 Å². The van der Waals surface area contributed by atoms with Gasteiger partial charge in [0.25, 0.3) is 0 Å². The smallest absolute Gasteiger partial charge is 0.248 e. The lowest BCUT2D eigenvalue weighted by atomic mass is 9.91. The SMILES string of the molecule is CC(C)(C)CC(=O)N1CSCC1C(=O)Nc1ccc2c(c1F)CCNC2.Cl. The number of nitrogens with zero attached hydrogens (tertiary/aromatic N) is 1. The number of hydrogen-bond acceptors (Lipinski definition) is 4. The summed E-state index contributed by atoms with van der Waals surface area (Å²) in [5.74, 6) is 0.351. The Labute approximate surface area is 170 Å². The van der Waals surface area contributed by atoms with E-state index >= 15 is 0 Å². The summed E-state index contributed by atoms with van der Waals surface area (Å²) >= 11 is 1.55. The number of fused-ring (bicyclic) bond motifs is 1. The van der Waals surface area contributed by atoms with Crippen LogP contribution in [0.1, 0.15) is 38.3 Å². The van der Waals surface area contributed by atoms with Crippen LogP contribution in [0.5, 0.6) is 0 Å². The van der Waals surface area contributed by atoms with Gasteiger partial charge in [0.05, 0.1) is 11.6 Å². The minimum Gasteiger partial charge on any atom is -0.322 e. The average molecular weight is 416 g/mol. The molecule has 27 heavy (non-hydrogen) atoms. The first-order valence-electron chi connectivity index (χ1n) is 8.95. The van der Waals surface area contributed by atoms with Crippen molar-refractivity contribution in [2.45, 2.75) is 46.2 Å². The second-order valence-corrected chi connectivity index (χ2v) is 9.10. The van der Waals surface area contributed by atoms with Gasteiger partial charge in [-0.05, 0) is 35.6 Å². The fraction of sp³-hybridized carbons (Fsp3) is 0.579. The zero-order valence-electron chi connectivity index (χ0n) is 15.9. The predicted molar refractivity (Wildman–Crippen MR) is 110 cm³/mol. The molecular weight excluding hydrogens is 389 g/mol. The van der Waals surface area contributed by atoms with E-state index in [9.17, 15) is 14.0 Å². The van der Waals surface area contributed by atoms with Gasteiger partial charge in [-0.2, -0.15) is 0 Å². The molecule has 0 radical (unpaired) electrons. The van der Waals surface area contributed by atoms with Crippen molar-refractivity contribution in [1.29, 1.82) is 0 Å². The highest BCUT2D eigenvalue weighted by Crippen LogP contribution is 2.29. The summed E-state index contributed by atoms with van der Waals surface area (Å²) in [6, 6.07) is 2.92. The average Bonchev–Trinajstić information content (AvgIpc) is 3.06. The van der Waals surface area contributed by atoms with Crippen molar-refractivity contribution in [2.24, 2.45) is 5.41 Å². The Balaban J connectivity index is 0.00000261. The third kappa shape index (κ3) is 5.15. The molecule has 2 amide bonds. The van der Waals surface area contributed by atoms with Crippen LogP contribution < -0.4 is 10.6 Å². The summed E-state index contributed by atoms with van der Waals surface area (Å²) in [6.45, 7) is 7.38. The van der Waals surface area contributed by atoms with E-state index in [4.69, 9.17) is 0 Å². The van der Waals surface area contributed by atoms with E-state index in [1.54, 1.807) is 22.7 Å². The van der Waals surface area contributed by atoms with Gasteiger partial charge in [-0.15, -0.1) is 24.2 Å². The van der Waals surface area contributed by atoms with Crippen LogP contribution in [0.25, 0.3) is 0 Å². The summed E-state index contributed by atoms with van der Waals surface area (Å²) < 4.78 is 14.8. The lowest BCUT2D eigenvalue weighted by molar-refractivity contribution is -0.137. The standard InChI is InChI=1S/C19H26FN3O2S.ClH/c1-19(2,3)8-16(24)23-11-26-10-15(23)18(25)22-14-5-4-12-9-21-7-6-13(12)17(14)20;/h4-5,15,21H,6-11H2,1-3H3,(H,22,25);1H. The fourth-order valence-electron chi connectivity index (χ4n) is 3.31. The zero-order valence-corrected chi connectivity index (χ0v) is 17.6. The largest absolute Gasteiger partial charge is 0.322 e. The summed E-state index contributed by atoms with van der Waals surface area (Å²) in [5.41, 5.74) is 1.67. The lowest BCUT2D eigenvalue weighted by Crippen LogP contribution is -2.45. The Kier molecular flexibility index (Phi) is 7.16. The summed E-state index contributed by atoms with van der Waals surface area (Å²) in [6.07, 6.45) is 0.998. The lowest BCUT2D eigenvalue weighted by Gasteiger charge is -2.27. The van der Waals surface area contributed by atoms with Crippen LogP contribution in [0.2, 0.25) is 0 Å². The van der Waals surface area contributed by atoms with Gasteiger partial charge in [-0.3, -0.25) is 9.59 Å². The van der Waals surface area contributed by atoms with Crippen molar-refractivity contribution in [3.63, 3.8) is 0 Å². The topological polar surface area (TPSA) is 61.4 Å². The van der Waals surface area contributed by atoms with Crippen molar-refractivity contribution in [2.75, 3.05) is 23.5 Å². The summed E-state index contributed by atoms with van der Waals surface area (Å²) in [4.78, 5) is 26.9. The number of nitrogens with one attached hydrogen (secondary N) is 2. The van der Waals surface area contributed by atoms with Gasteiger partial charge in [0.2, 0.25) is 11.8 Å². The third-order valence-corrected chi connectivity index (χ3v) is 5.66. The number of benzene rings is 1. The maximum atomic E-state index is 14.8. The molecule has 2 aliphatic heterocycles. The zero-order chi connectivity index (χ0) is 18.9. The van der Waals surface area contributed by atoms with Crippen molar-refractivity contribution >= 4 is 41.7 Å². The molecule has 2 aliphatic rings. The van der Waals surface area contributed by atoms with E-state index < -0.39 is 6.04 Å². The Bertz CT molecular complexity index is 724. The van der Waals surface area contributed by atoms with Crippen molar-refractivity contribution in [1.82, 2.24) is 10.2 Å². The summed E-state index contributed by atoms with van der Waals surface area (Å²) in [5, 5.41) is 5.92. The minimum atomic E-state index is -0.549. The molecule has 0 aromatic heterocycles. The van der Waals surface area contributed by atoms with Gasteiger partial charge in [-0.25, -0.2) is 4.39 Å². The monoisotopic (exact) mass is 415 g/mol. The van der Waals surface area contributed by atoms with Crippen LogP contribution in [0.4, 0.5) is 10.1 Å². The Hall–Kier alpha value is -1.31. The number of anilines is 1. The number of carbonyl (C=O) groups is 2. The quantitative estimate of drug-likeness (QED) is 0.796. The molecule has 1 fully saturated rings. The molecule has 5 nitrogen and oxygen atoms in total. The van der Waals surface area contributed by atoms with E-state index in [2.05, 4.69) is 10.6 Å². The highest BCUT2D eigenvalue weighted by atomic mass is 35.5. The first kappa shape index (κ1) is 22.0. The maximum Gasteiger partial charge on any atom is 0.248 e. The predicted octanol–water partition coefficient (Wildman–Crippen LogP) is 3.17. The maximum absolute atomic E-state index is 14.8. The molecule has 1 saturated heterocycles. The van der Waals surface area contributed by atoms with Crippen LogP contribution in [0, 0.1) is 11.2 Å². The second kappa shape index (κ2) is 8.80. The number of amides is 2. The molecule has 1 aromatic rings. The molecule has 0 spiro atoms. The third-order valence-electron chi connectivity index (χ3n) is 4.65. The van der Waals surface area contributed by atoms with E-state index in [-0.39, 0.29) is 41.1 Å². The Morgan fingerprint density at radius 1 is 1.37 bits per heavy atom. The van der Waals surface area contributed by atoms with E-state index in [0.29, 0.717) is 36.6 Å². The molecule has 0 saturated carbocycles. The molecule has 2 heterocycles. The van der Waals surface area contributed by atoms with Crippen LogP contribution in [0.3, 0.4) is 0 Å². The van der Waals surface area contributed by atoms with Crippen LogP contribution >= 0.6 is 24.2 Å². The first-order chi connectivity index (χ1) is 12.3. The normalized spacial score (nSPS) is 19.3. The van der Waals surface area contributed by atoms with Gasteiger partial charge >= 0.3 is 0 Å². The molecule has 1 aromatic carbocycles. The van der Waals surface area contributed by atoms with E-state index in [0.717, 1.165) is 12.1 Å². The molecule has 3 rings (SSSR count). The molecule has 0 bridgehead atoms. The molecule has 150 valence electrons. The van der Waals surface area contributed by atoms with Crippen molar-refractivity contribution < 1.29 is 14.0 Å². The number of thioether (sulfide) groups is 1. The fourth-order valence-corrected chi connectivity index (χ4v) is 4.49. The molecule has 2 N–H and O–H groups in total. The van der Waals surface area contributed by atoms with E-state index in [1.165, 1.54) is 0 Å². The van der Waals surface area contributed by atoms with Crippen molar-refractivity contribution in [3.05, 3.63) is 29.1 Å². The number of rotatable bonds is 3. The van der Waals surface area contributed by atoms with Gasteiger partial charge in [0, 0.05) is 18.7 Å². The molecule has 0 aliphatic carbocycles. The summed E-state index contributed by atoms with van der Waals surface area (Å²) in [7, 11) is 0. The molecular formula is C19H27ClFN3O2S. The Morgan fingerprint density at radius 3 is 2.81 bits per heavy atom. The van der Waals surface area contributed by atoms with Gasteiger partial charge in [-0.1, -0.05) is 26.8 Å². The highest BCUT2D eigenvalue weighted by Gasteiger charge is 2.36. The number of carbonyl (C=O) groups excluding carboxylic acids is 2. The molecule has 8 heteroatoms. The van der Waals surface area contributed by atoms with Crippen molar-refractivity contribution in [3.8, 4) is 0 Å². The highest BCUT2D eigenvalue weighted by molar-refractivity contribution is 7.99. The van der Waals surface area contributed by atoms with E-state index in [1.807, 2.05) is 26.8 Å². The number of hydrogen-bond donors (Lipinski definition) is 2. The van der Waals surface area contributed by atoms with Gasteiger partial charge in [0.15, 0.2) is 0 Å². The van der Waals surface area contributed by atoms with Crippen LogP contribution in [-0.2, 0) is 22.6 Å². The second-order valence-electron chi connectivity index (χ2n) is 8.10. The Morgan fingerprint density at radius 2 is 2.11 bits per heavy atom. The van der Waals surface area contributed by atoms with Crippen LogP contribution in [0.15, 0.2) is 12.1 Å².